The summed E-state index contributed by atoms with van der Waals surface area (Å²) in [5.41, 5.74) is 8.09. The lowest BCUT2D eigenvalue weighted by atomic mass is 10.1. The number of rotatable bonds is 9. The maximum atomic E-state index is 4.57. The van der Waals surface area contributed by atoms with Crippen LogP contribution in [0.4, 0.5) is 39.8 Å². The number of aryl methyl sites for hydroxylation is 2. The monoisotopic (exact) mass is 539 g/mol. The first kappa shape index (κ1) is 27.5. The number of nitrogens with zero attached hydrogens (tertiary/aromatic N) is 7. The fraction of sp³-hybridized carbons (Fsp3) is 0.176. The van der Waals surface area contributed by atoms with Crippen molar-refractivity contribution in [2.75, 3.05) is 18.0 Å². The van der Waals surface area contributed by atoms with Crippen LogP contribution in [0.25, 0.3) is 10.8 Å². The molecule has 7 nitrogen and oxygen atoms in total. The lowest BCUT2D eigenvalue weighted by Gasteiger charge is -2.23. The third kappa shape index (κ3) is 6.76. The Balaban J connectivity index is 1.27. The minimum absolute atomic E-state index is 0.735. The molecule has 0 aliphatic heterocycles. The number of fused-ring (bicyclic) bond motifs is 1. The first-order chi connectivity index (χ1) is 20.0. The summed E-state index contributed by atoms with van der Waals surface area (Å²) < 4.78 is 0. The van der Waals surface area contributed by atoms with Crippen LogP contribution in [0.5, 0.6) is 0 Å². The van der Waals surface area contributed by atoms with Gasteiger partial charge >= 0.3 is 0 Å². The number of hydrogen-bond acceptors (Lipinski definition) is 7. The second kappa shape index (κ2) is 12.9. The predicted octanol–water partition coefficient (Wildman–Crippen LogP) is 11.5. The van der Waals surface area contributed by atoms with Gasteiger partial charge in [0.05, 0.1) is 34.1 Å². The van der Waals surface area contributed by atoms with Crippen molar-refractivity contribution in [3.05, 3.63) is 114 Å². The number of anilines is 1. The van der Waals surface area contributed by atoms with Gasteiger partial charge in [0.15, 0.2) is 0 Å². The highest BCUT2D eigenvalue weighted by molar-refractivity contribution is 6.01. The van der Waals surface area contributed by atoms with Crippen molar-refractivity contribution < 1.29 is 0 Å². The van der Waals surface area contributed by atoms with Gasteiger partial charge in [-0.2, -0.15) is 25.6 Å². The van der Waals surface area contributed by atoms with Gasteiger partial charge in [0, 0.05) is 29.5 Å². The second-order valence-electron chi connectivity index (χ2n) is 9.74. The highest BCUT2D eigenvalue weighted by Crippen LogP contribution is 2.35. The standard InChI is InChI=1S/C34H33N7/c1-5-41(6-2)34-22-21-33(30-9-7-8-10-31(30)34)40-37-28-17-15-27(16-18-28)35-38-29-19-20-32(25(4)23-29)39-36-26-13-11-24(3)12-14-26/h7-23H,5-6H2,1-4H3. The van der Waals surface area contributed by atoms with E-state index in [9.17, 15) is 0 Å². The fourth-order valence-electron chi connectivity index (χ4n) is 4.54. The summed E-state index contributed by atoms with van der Waals surface area (Å²) in [4.78, 5) is 2.35. The van der Waals surface area contributed by atoms with Crippen LogP contribution in [0.1, 0.15) is 25.0 Å². The van der Waals surface area contributed by atoms with Crippen LogP contribution in [0.15, 0.2) is 134 Å². The summed E-state index contributed by atoms with van der Waals surface area (Å²) in [5, 5.41) is 28.8. The van der Waals surface area contributed by atoms with Crippen LogP contribution in [0.3, 0.4) is 0 Å². The van der Waals surface area contributed by atoms with E-state index in [2.05, 4.69) is 73.7 Å². The molecule has 0 bridgehead atoms. The van der Waals surface area contributed by atoms with Gasteiger partial charge in [-0.1, -0.05) is 42.0 Å². The molecule has 0 N–H and O–H groups in total. The van der Waals surface area contributed by atoms with Crippen molar-refractivity contribution in [3.63, 3.8) is 0 Å². The van der Waals surface area contributed by atoms with E-state index in [1.165, 1.54) is 16.6 Å². The Morgan fingerprint density at radius 2 is 0.976 bits per heavy atom. The molecular formula is C34H33N7. The number of hydrogen-bond donors (Lipinski definition) is 0. The minimum Gasteiger partial charge on any atom is -0.372 e. The molecular weight excluding hydrogens is 506 g/mol. The lowest BCUT2D eigenvalue weighted by Crippen LogP contribution is -2.21. The molecule has 5 aromatic carbocycles. The van der Waals surface area contributed by atoms with Crippen LogP contribution >= 0.6 is 0 Å². The van der Waals surface area contributed by atoms with Gasteiger partial charge in [0.25, 0.3) is 0 Å². The molecule has 0 spiro atoms. The smallest absolute Gasteiger partial charge is 0.0936 e. The normalized spacial score (nSPS) is 11.8. The zero-order chi connectivity index (χ0) is 28.6. The Morgan fingerprint density at radius 3 is 1.59 bits per heavy atom. The van der Waals surface area contributed by atoms with Crippen LogP contribution in [-0.4, -0.2) is 13.1 Å². The van der Waals surface area contributed by atoms with Crippen molar-refractivity contribution in [2.45, 2.75) is 27.7 Å². The van der Waals surface area contributed by atoms with E-state index < -0.39 is 0 Å². The quantitative estimate of drug-likeness (QED) is 0.172. The maximum Gasteiger partial charge on any atom is 0.0936 e. The number of azo groups is 3. The van der Waals surface area contributed by atoms with Crippen LogP contribution < -0.4 is 4.90 Å². The zero-order valence-electron chi connectivity index (χ0n) is 23.9. The lowest BCUT2D eigenvalue weighted by molar-refractivity contribution is 0.870. The topological polar surface area (TPSA) is 77.4 Å². The molecule has 0 aliphatic rings. The van der Waals surface area contributed by atoms with Crippen molar-refractivity contribution >= 4 is 50.6 Å². The molecule has 0 aliphatic carbocycles. The Kier molecular flexibility index (Phi) is 8.64. The third-order valence-corrected chi connectivity index (χ3v) is 6.87. The highest BCUT2D eigenvalue weighted by atomic mass is 15.1. The van der Waals surface area contributed by atoms with E-state index in [1.54, 1.807) is 0 Å². The Labute approximate surface area is 241 Å². The molecule has 0 radical (unpaired) electrons. The molecule has 7 heteroatoms. The van der Waals surface area contributed by atoms with Gasteiger partial charge < -0.3 is 4.90 Å². The van der Waals surface area contributed by atoms with Crippen molar-refractivity contribution in [3.8, 4) is 0 Å². The Hall–Kier alpha value is -5.04. The molecule has 5 rings (SSSR count). The summed E-state index contributed by atoms with van der Waals surface area (Å²) in [6.07, 6.45) is 0. The minimum atomic E-state index is 0.735. The van der Waals surface area contributed by atoms with Crippen molar-refractivity contribution in [1.82, 2.24) is 0 Å². The Morgan fingerprint density at radius 1 is 0.488 bits per heavy atom. The van der Waals surface area contributed by atoms with E-state index >= 15 is 0 Å². The average Bonchev–Trinajstić information content (AvgIpc) is 3.01. The summed E-state index contributed by atoms with van der Waals surface area (Å²) >= 11 is 0. The zero-order valence-corrected chi connectivity index (χ0v) is 23.9. The Bertz CT molecular complexity index is 1720. The molecule has 0 fully saturated rings. The summed E-state index contributed by atoms with van der Waals surface area (Å²) in [5.74, 6) is 0. The van der Waals surface area contributed by atoms with E-state index in [4.69, 9.17) is 0 Å². The predicted molar refractivity (Wildman–Crippen MR) is 169 cm³/mol. The molecule has 0 unspecified atom stereocenters. The first-order valence-electron chi connectivity index (χ1n) is 13.8. The van der Waals surface area contributed by atoms with E-state index in [-0.39, 0.29) is 0 Å². The van der Waals surface area contributed by atoms with Gasteiger partial charge in [-0.3, -0.25) is 0 Å². The van der Waals surface area contributed by atoms with Crippen LogP contribution in [0.2, 0.25) is 0 Å². The van der Waals surface area contributed by atoms with E-state index in [0.717, 1.165) is 58.2 Å². The third-order valence-electron chi connectivity index (χ3n) is 6.87. The number of benzene rings is 5. The van der Waals surface area contributed by atoms with E-state index in [0.29, 0.717) is 0 Å². The van der Waals surface area contributed by atoms with Gasteiger partial charge in [-0.05, 0) is 100.0 Å². The largest absolute Gasteiger partial charge is 0.372 e. The maximum absolute atomic E-state index is 4.57. The molecule has 0 saturated heterocycles. The first-order valence-corrected chi connectivity index (χ1v) is 13.8. The van der Waals surface area contributed by atoms with Crippen LogP contribution in [0, 0.1) is 13.8 Å². The molecule has 204 valence electrons. The van der Waals surface area contributed by atoms with Gasteiger partial charge in [0.1, 0.15) is 0 Å². The molecule has 5 aromatic rings. The van der Waals surface area contributed by atoms with Crippen molar-refractivity contribution in [1.29, 1.82) is 0 Å². The summed E-state index contributed by atoms with van der Waals surface area (Å²) in [6.45, 7) is 10.3. The second-order valence-corrected chi connectivity index (χ2v) is 9.74. The molecule has 0 aromatic heterocycles. The van der Waals surface area contributed by atoms with Gasteiger partial charge in [-0.15, -0.1) is 5.11 Å². The summed E-state index contributed by atoms with van der Waals surface area (Å²) in [7, 11) is 0. The average molecular weight is 540 g/mol. The molecule has 0 heterocycles. The van der Waals surface area contributed by atoms with Gasteiger partial charge in [-0.25, -0.2) is 0 Å². The molecule has 0 saturated carbocycles. The van der Waals surface area contributed by atoms with Gasteiger partial charge in [0.2, 0.25) is 0 Å². The summed E-state index contributed by atoms with van der Waals surface area (Å²) in [6, 6.07) is 33.8. The fourth-order valence-corrected chi connectivity index (χ4v) is 4.54. The van der Waals surface area contributed by atoms with Crippen molar-refractivity contribution in [2.24, 2.45) is 30.7 Å². The SMILES string of the molecule is CCN(CC)c1ccc(N=Nc2ccc(N=Nc3ccc(N=Nc4ccc(C)cc4)c(C)c3)cc2)c2ccccc12. The van der Waals surface area contributed by atoms with Crippen LogP contribution in [-0.2, 0) is 0 Å². The highest BCUT2D eigenvalue weighted by Gasteiger charge is 2.09. The molecule has 0 amide bonds. The van der Waals surface area contributed by atoms with E-state index in [1.807, 2.05) is 92.7 Å². The molecule has 0 atom stereocenters. The molecule has 41 heavy (non-hydrogen) atoms.